The van der Waals surface area contributed by atoms with E-state index in [1.54, 1.807) is 11.3 Å². The Labute approximate surface area is 202 Å². The fraction of sp³-hybridized carbons (Fsp3) is 0.250. The lowest BCUT2D eigenvalue weighted by Gasteiger charge is -2.22. The summed E-state index contributed by atoms with van der Waals surface area (Å²) in [6.45, 7) is 0. The van der Waals surface area contributed by atoms with Crippen molar-refractivity contribution in [1.82, 2.24) is 4.98 Å². The maximum Gasteiger partial charge on any atom is 0.307 e. The van der Waals surface area contributed by atoms with Crippen molar-refractivity contribution in [2.75, 3.05) is 5.32 Å². The van der Waals surface area contributed by atoms with Gasteiger partial charge in [0.25, 0.3) is 0 Å². The van der Waals surface area contributed by atoms with Crippen molar-refractivity contribution >= 4 is 39.7 Å². The molecule has 1 unspecified atom stereocenters. The second-order valence-corrected chi connectivity index (χ2v) is 9.82. The lowest BCUT2D eigenvalue weighted by Crippen LogP contribution is -2.24. The van der Waals surface area contributed by atoms with E-state index in [-0.39, 0.29) is 12.3 Å². The summed E-state index contributed by atoms with van der Waals surface area (Å²) in [7, 11) is 0. The maximum absolute atomic E-state index is 12.7. The average molecular weight is 471 g/mol. The average Bonchev–Trinajstić information content (AvgIpc) is 3.27. The topological polar surface area (TPSA) is 79.3 Å². The van der Waals surface area contributed by atoms with Gasteiger partial charge in [0.05, 0.1) is 11.6 Å². The molecule has 1 heterocycles. The maximum atomic E-state index is 12.7. The molecule has 0 saturated heterocycles. The third-order valence-electron chi connectivity index (χ3n) is 6.52. The predicted molar refractivity (Wildman–Crippen MR) is 136 cm³/mol. The van der Waals surface area contributed by atoms with Gasteiger partial charge in [0.1, 0.15) is 5.01 Å². The van der Waals surface area contributed by atoms with Crippen LogP contribution in [0.15, 0.2) is 72.1 Å². The molecule has 4 aromatic rings. The molecule has 34 heavy (non-hydrogen) atoms. The quantitative estimate of drug-likeness (QED) is 0.308. The van der Waals surface area contributed by atoms with Crippen molar-refractivity contribution in [3.05, 3.63) is 83.4 Å². The number of hydrogen-bond donors (Lipinski definition) is 2. The zero-order valence-electron chi connectivity index (χ0n) is 18.7. The number of nitrogens with one attached hydrogen (secondary N) is 1. The number of benzene rings is 3. The van der Waals surface area contributed by atoms with Crippen LogP contribution in [0.2, 0.25) is 0 Å². The number of carbonyl (C=O) groups is 2. The number of aromatic nitrogens is 1. The zero-order valence-corrected chi connectivity index (χ0v) is 19.6. The van der Waals surface area contributed by atoms with Crippen LogP contribution in [0.1, 0.15) is 42.9 Å². The third-order valence-corrected chi connectivity index (χ3v) is 7.43. The highest BCUT2D eigenvalue weighted by Gasteiger charge is 2.23. The number of carboxylic acid groups (broad SMARTS) is 1. The molecular formula is C28H26N2O3S. The van der Waals surface area contributed by atoms with Crippen LogP contribution in [-0.4, -0.2) is 22.0 Å². The molecule has 5 rings (SSSR count). The second-order valence-electron chi connectivity index (χ2n) is 8.96. The van der Waals surface area contributed by atoms with E-state index in [9.17, 15) is 14.7 Å². The molecule has 1 aromatic heterocycles. The summed E-state index contributed by atoms with van der Waals surface area (Å²) in [5.41, 5.74) is 3.84. The van der Waals surface area contributed by atoms with Gasteiger partial charge in [-0.25, -0.2) is 4.98 Å². The molecule has 1 aliphatic rings. The molecule has 1 fully saturated rings. The number of rotatable bonds is 8. The minimum Gasteiger partial charge on any atom is -0.481 e. The number of carboxylic acids is 1. The Hall–Kier alpha value is -3.51. The first kappa shape index (κ1) is 22.3. The van der Waals surface area contributed by atoms with Gasteiger partial charge < -0.3 is 10.4 Å². The van der Waals surface area contributed by atoms with E-state index >= 15 is 0 Å². The number of fused-ring (bicyclic) bond motifs is 1. The monoisotopic (exact) mass is 470 g/mol. The van der Waals surface area contributed by atoms with E-state index in [4.69, 9.17) is 4.98 Å². The van der Waals surface area contributed by atoms with Crippen molar-refractivity contribution in [2.24, 2.45) is 5.92 Å². The number of nitrogens with zero attached hydrogens (tertiary/aromatic N) is 1. The molecular weight excluding hydrogens is 444 g/mol. The number of thiazole rings is 1. The first-order valence-corrected chi connectivity index (χ1v) is 12.5. The van der Waals surface area contributed by atoms with Crippen LogP contribution in [0.5, 0.6) is 0 Å². The molecule has 0 radical (unpaired) electrons. The Morgan fingerprint density at radius 3 is 2.56 bits per heavy atom. The smallest absolute Gasteiger partial charge is 0.307 e. The van der Waals surface area contributed by atoms with Crippen LogP contribution in [0.25, 0.3) is 21.3 Å². The first-order valence-electron chi connectivity index (χ1n) is 11.6. The minimum atomic E-state index is -0.966. The SMILES string of the molecule is O=C(CC(Cc1ccccc1)C(=O)O)Nc1ccc2ccc(-c3nc(C4CCC4)cs3)cc2c1. The van der Waals surface area contributed by atoms with Crippen molar-refractivity contribution < 1.29 is 14.7 Å². The first-order chi connectivity index (χ1) is 16.5. The van der Waals surface area contributed by atoms with E-state index in [1.807, 2.05) is 48.5 Å². The zero-order chi connectivity index (χ0) is 23.5. The molecule has 2 N–H and O–H groups in total. The summed E-state index contributed by atoms with van der Waals surface area (Å²) in [4.78, 5) is 29.2. The van der Waals surface area contributed by atoms with Crippen molar-refractivity contribution in [3.8, 4) is 10.6 Å². The number of amides is 1. The fourth-order valence-corrected chi connectivity index (χ4v) is 5.25. The third kappa shape index (κ3) is 5.02. The van der Waals surface area contributed by atoms with Crippen LogP contribution in [0.3, 0.4) is 0 Å². The molecule has 1 atom stereocenters. The summed E-state index contributed by atoms with van der Waals surface area (Å²) in [6, 6.07) is 21.4. The molecule has 3 aromatic carbocycles. The highest BCUT2D eigenvalue weighted by atomic mass is 32.1. The highest BCUT2D eigenvalue weighted by Crippen LogP contribution is 2.38. The summed E-state index contributed by atoms with van der Waals surface area (Å²) < 4.78 is 0. The van der Waals surface area contributed by atoms with Gasteiger partial charge in [-0.3, -0.25) is 9.59 Å². The van der Waals surface area contributed by atoms with Gasteiger partial charge in [0.15, 0.2) is 0 Å². The fourth-order valence-electron chi connectivity index (χ4n) is 4.35. The molecule has 6 heteroatoms. The van der Waals surface area contributed by atoms with Crippen LogP contribution < -0.4 is 5.32 Å². The van der Waals surface area contributed by atoms with E-state index < -0.39 is 11.9 Å². The van der Waals surface area contributed by atoms with Crippen molar-refractivity contribution in [3.63, 3.8) is 0 Å². The van der Waals surface area contributed by atoms with Gasteiger partial charge in [-0.1, -0.05) is 55.0 Å². The lowest BCUT2D eigenvalue weighted by atomic mass is 9.83. The number of hydrogen-bond acceptors (Lipinski definition) is 4. The van der Waals surface area contributed by atoms with E-state index in [0.717, 1.165) is 26.9 Å². The summed E-state index contributed by atoms with van der Waals surface area (Å²) in [5.74, 6) is -1.43. The summed E-state index contributed by atoms with van der Waals surface area (Å²) >= 11 is 1.68. The standard InChI is InChI=1S/C28H26N2O3S/c31-26(16-23(28(32)33)13-18-5-2-1-3-6-18)29-24-12-11-19-9-10-21(14-22(19)15-24)27-30-25(17-34-27)20-7-4-8-20/h1-3,5-6,9-12,14-15,17,20,23H,4,7-8,13,16H2,(H,29,31)(H,32,33). The highest BCUT2D eigenvalue weighted by molar-refractivity contribution is 7.13. The molecule has 1 aliphatic carbocycles. The minimum absolute atomic E-state index is 0.0780. The molecule has 5 nitrogen and oxygen atoms in total. The Bertz CT molecular complexity index is 1330. The Kier molecular flexibility index (Phi) is 6.41. The second kappa shape index (κ2) is 9.77. The molecule has 0 spiro atoms. The molecule has 1 amide bonds. The number of aliphatic carboxylic acids is 1. The Morgan fingerprint density at radius 1 is 1.03 bits per heavy atom. The molecule has 0 aliphatic heterocycles. The summed E-state index contributed by atoms with van der Waals surface area (Å²) in [5, 5.41) is 17.8. The normalized spacial score (nSPS) is 14.5. The van der Waals surface area contributed by atoms with Gasteiger partial charge >= 0.3 is 5.97 Å². The predicted octanol–water partition coefficient (Wildman–Crippen LogP) is 6.50. The Morgan fingerprint density at radius 2 is 1.82 bits per heavy atom. The van der Waals surface area contributed by atoms with Gasteiger partial charge in [-0.2, -0.15) is 0 Å². The van der Waals surface area contributed by atoms with Crippen LogP contribution in [0.4, 0.5) is 5.69 Å². The van der Waals surface area contributed by atoms with E-state index in [2.05, 4.69) is 28.9 Å². The number of carbonyl (C=O) groups excluding carboxylic acids is 1. The number of anilines is 1. The van der Waals surface area contributed by atoms with Gasteiger partial charge in [0, 0.05) is 29.0 Å². The van der Waals surface area contributed by atoms with Gasteiger partial charge in [0.2, 0.25) is 5.91 Å². The Balaban J connectivity index is 1.29. The summed E-state index contributed by atoms with van der Waals surface area (Å²) in [6.07, 6.45) is 4.00. The van der Waals surface area contributed by atoms with E-state index in [0.29, 0.717) is 18.0 Å². The van der Waals surface area contributed by atoms with Gasteiger partial charge in [-0.15, -0.1) is 11.3 Å². The lowest BCUT2D eigenvalue weighted by molar-refractivity contribution is -0.143. The molecule has 0 bridgehead atoms. The van der Waals surface area contributed by atoms with Crippen LogP contribution >= 0.6 is 11.3 Å². The van der Waals surface area contributed by atoms with Crippen LogP contribution in [-0.2, 0) is 16.0 Å². The largest absolute Gasteiger partial charge is 0.481 e. The van der Waals surface area contributed by atoms with Crippen molar-refractivity contribution in [2.45, 2.75) is 38.0 Å². The molecule has 172 valence electrons. The van der Waals surface area contributed by atoms with Crippen LogP contribution in [0, 0.1) is 5.92 Å². The molecule has 1 saturated carbocycles. The van der Waals surface area contributed by atoms with Crippen molar-refractivity contribution in [1.29, 1.82) is 0 Å². The van der Waals surface area contributed by atoms with Gasteiger partial charge in [-0.05, 0) is 53.8 Å². The van der Waals surface area contributed by atoms with E-state index in [1.165, 1.54) is 25.0 Å².